The molecule has 2 aromatic heterocycles. The van der Waals surface area contributed by atoms with Gasteiger partial charge in [0.1, 0.15) is 5.69 Å². The zero-order chi connectivity index (χ0) is 16.4. The van der Waals surface area contributed by atoms with Gasteiger partial charge in [-0.15, -0.1) is 0 Å². The van der Waals surface area contributed by atoms with Crippen LogP contribution in [-0.2, 0) is 0 Å². The lowest BCUT2D eigenvalue weighted by molar-refractivity contribution is 0.0832. The van der Waals surface area contributed by atoms with E-state index in [1.165, 1.54) is 12.8 Å². The highest BCUT2D eigenvalue weighted by Crippen LogP contribution is 2.58. The zero-order valence-electron chi connectivity index (χ0n) is 14.3. The molecule has 2 saturated carbocycles. The molecule has 2 aromatic rings. The van der Waals surface area contributed by atoms with Gasteiger partial charge in [0, 0.05) is 17.1 Å². The van der Waals surface area contributed by atoms with Crippen molar-refractivity contribution >= 4 is 16.8 Å². The first kappa shape index (κ1) is 14.7. The van der Waals surface area contributed by atoms with Gasteiger partial charge in [0.25, 0.3) is 5.91 Å². The van der Waals surface area contributed by atoms with Crippen LogP contribution in [0.3, 0.4) is 0 Å². The molecule has 2 aliphatic carbocycles. The first-order chi connectivity index (χ1) is 10.8. The number of fused-ring (bicyclic) bond motifs is 3. The van der Waals surface area contributed by atoms with Gasteiger partial charge in [-0.1, -0.05) is 20.8 Å². The second-order valence-electron chi connectivity index (χ2n) is 8.25. The minimum atomic E-state index is 0.0149. The second-order valence-corrected chi connectivity index (χ2v) is 8.25. The molecule has 4 atom stereocenters. The molecule has 0 aromatic carbocycles. The first-order valence-electron chi connectivity index (χ1n) is 8.61. The number of aromatic amines is 1. The molecule has 2 heterocycles. The minimum Gasteiger partial charge on any atom is -0.349 e. The third kappa shape index (κ3) is 2.27. The van der Waals surface area contributed by atoms with Crippen LogP contribution in [0.25, 0.3) is 10.9 Å². The maximum absolute atomic E-state index is 12.7. The summed E-state index contributed by atoms with van der Waals surface area (Å²) in [6.45, 7) is 9.01. The number of pyridine rings is 1. The summed E-state index contributed by atoms with van der Waals surface area (Å²) in [5, 5.41) is 4.35. The molecule has 4 heteroatoms. The average Bonchev–Trinajstić information content (AvgIpc) is 3.11. The van der Waals surface area contributed by atoms with Crippen molar-refractivity contribution in [2.45, 2.75) is 46.6 Å². The molecular weight excluding hydrogens is 286 g/mol. The summed E-state index contributed by atoms with van der Waals surface area (Å²) in [6.07, 6.45) is 4.28. The van der Waals surface area contributed by atoms with E-state index in [1.807, 2.05) is 19.1 Å². The van der Waals surface area contributed by atoms with Crippen molar-refractivity contribution in [1.29, 1.82) is 0 Å². The maximum Gasteiger partial charge on any atom is 0.267 e. The van der Waals surface area contributed by atoms with Crippen molar-refractivity contribution in [2.75, 3.05) is 0 Å². The summed E-state index contributed by atoms with van der Waals surface area (Å²) in [7, 11) is 0. The van der Waals surface area contributed by atoms with E-state index in [4.69, 9.17) is 0 Å². The highest BCUT2D eigenvalue weighted by atomic mass is 16.2. The fourth-order valence-corrected chi connectivity index (χ4v) is 5.18. The van der Waals surface area contributed by atoms with Crippen LogP contribution in [0, 0.1) is 30.1 Å². The molecule has 1 amide bonds. The summed E-state index contributed by atoms with van der Waals surface area (Å²) in [4.78, 5) is 20.2. The number of nitrogens with one attached hydrogen (secondary N) is 2. The Balaban J connectivity index is 1.54. The number of amides is 1. The van der Waals surface area contributed by atoms with Gasteiger partial charge in [0.05, 0.1) is 11.7 Å². The Labute approximate surface area is 137 Å². The lowest BCUT2D eigenvalue weighted by Crippen LogP contribution is -2.46. The van der Waals surface area contributed by atoms with Crippen LogP contribution in [0.2, 0.25) is 0 Å². The molecule has 2 aliphatic rings. The van der Waals surface area contributed by atoms with Crippen LogP contribution >= 0.6 is 0 Å². The van der Waals surface area contributed by atoms with Gasteiger partial charge < -0.3 is 10.3 Å². The number of aryl methyl sites for hydroxylation is 1. The standard InChI is InChI=1S/C19H25N3O/c1-10-5-12-7-15(21-16(12)9-20-10)18(23)22-17-11(2)14-6-13(17)8-19(14,3)4/h5,7,9,11,13-14,17,21H,6,8H2,1-4H3,(H,22,23)/t11-,13?,14-,17+/m0/s1. The third-order valence-electron chi connectivity index (χ3n) is 6.24. The highest BCUT2D eigenvalue weighted by Gasteiger charge is 2.54. The smallest absolute Gasteiger partial charge is 0.267 e. The molecule has 122 valence electrons. The predicted molar refractivity (Wildman–Crippen MR) is 91.2 cm³/mol. The Morgan fingerprint density at radius 1 is 1.39 bits per heavy atom. The molecular formula is C19H25N3O. The Morgan fingerprint density at radius 3 is 2.87 bits per heavy atom. The molecule has 2 N–H and O–H groups in total. The molecule has 2 fully saturated rings. The predicted octanol–water partition coefficient (Wildman–Crippen LogP) is 3.67. The van der Waals surface area contributed by atoms with Gasteiger partial charge in [-0.25, -0.2) is 0 Å². The van der Waals surface area contributed by atoms with E-state index in [0.717, 1.165) is 22.5 Å². The normalized spacial score (nSPS) is 31.7. The van der Waals surface area contributed by atoms with Crippen molar-refractivity contribution < 1.29 is 4.79 Å². The fourth-order valence-electron chi connectivity index (χ4n) is 5.18. The summed E-state index contributed by atoms with van der Waals surface area (Å²) in [6, 6.07) is 4.25. The molecule has 4 rings (SSSR count). The molecule has 2 bridgehead atoms. The summed E-state index contributed by atoms with van der Waals surface area (Å²) < 4.78 is 0. The Morgan fingerprint density at radius 2 is 2.17 bits per heavy atom. The number of hydrogen-bond acceptors (Lipinski definition) is 2. The van der Waals surface area contributed by atoms with Crippen molar-refractivity contribution in [2.24, 2.45) is 23.2 Å². The van der Waals surface area contributed by atoms with Crippen LogP contribution in [-0.4, -0.2) is 21.9 Å². The Bertz CT molecular complexity index is 774. The summed E-state index contributed by atoms with van der Waals surface area (Å²) in [5.74, 6) is 1.93. The number of carbonyl (C=O) groups is 1. The van der Waals surface area contributed by atoms with Crippen LogP contribution < -0.4 is 5.32 Å². The van der Waals surface area contributed by atoms with Crippen LogP contribution in [0.4, 0.5) is 0 Å². The topological polar surface area (TPSA) is 57.8 Å². The molecule has 1 unspecified atom stereocenters. The first-order valence-corrected chi connectivity index (χ1v) is 8.61. The molecule has 0 aliphatic heterocycles. The molecule has 0 radical (unpaired) electrons. The van der Waals surface area contributed by atoms with Gasteiger partial charge in [0.2, 0.25) is 0 Å². The largest absolute Gasteiger partial charge is 0.349 e. The van der Waals surface area contributed by atoms with E-state index in [-0.39, 0.29) is 5.91 Å². The van der Waals surface area contributed by atoms with Gasteiger partial charge in [-0.3, -0.25) is 9.78 Å². The van der Waals surface area contributed by atoms with Crippen LogP contribution in [0.1, 0.15) is 49.8 Å². The van der Waals surface area contributed by atoms with Crippen molar-refractivity contribution in [3.05, 3.63) is 29.7 Å². The molecule has 0 spiro atoms. The summed E-state index contributed by atoms with van der Waals surface area (Å²) >= 11 is 0. The van der Waals surface area contributed by atoms with E-state index in [9.17, 15) is 4.79 Å². The van der Waals surface area contributed by atoms with Gasteiger partial charge in [0.15, 0.2) is 0 Å². The highest BCUT2D eigenvalue weighted by molar-refractivity contribution is 5.98. The number of aromatic nitrogens is 2. The Kier molecular flexibility index (Phi) is 3.09. The number of hydrogen-bond donors (Lipinski definition) is 2. The molecule has 0 saturated heterocycles. The van der Waals surface area contributed by atoms with Gasteiger partial charge in [-0.05, 0) is 55.1 Å². The number of carbonyl (C=O) groups excluding carboxylic acids is 1. The van der Waals surface area contributed by atoms with Crippen molar-refractivity contribution in [3.8, 4) is 0 Å². The lowest BCUT2D eigenvalue weighted by Gasteiger charge is -2.39. The number of nitrogens with zero attached hydrogens (tertiary/aromatic N) is 1. The minimum absolute atomic E-state index is 0.0149. The van der Waals surface area contributed by atoms with Gasteiger partial charge in [-0.2, -0.15) is 0 Å². The van der Waals surface area contributed by atoms with E-state index in [0.29, 0.717) is 29.0 Å². The van der Waals surface area contributed by atoms with E-state index in [2.05, 4.69) is 36.1 Å². The van der Waals surface area contributed by atoms with E-state index in [1.54, 1.807) is 6.20 Å². The van der Waals surface area contributed by atoms with Gasteiger partial charge >= 0.3 is 0 Å². The Hall–Kier alpha value is -1.84. The SMILES string of the molecule is Cc1cc2cc(C(=O)N[C@H]3C4C[C@@H]([C@@H]3C)C(C)(C)C4)[nH]c2cn1. The van der Waals surface area contributed by atoms with Crippen molar-refractivity contribution in [1.82, 2.24) is 15.3 Å². The number of H-pyrrole nitrogens is 1. The zero-order valence-corrected chi connectivity index (χ0v) is 14.3. The van der Waals surface area contributed by atoms with Crippen LogP contribution in [0.15, 0.2) is 18.3 Å². The lowest BCUT2D eigenvalue weighted by atomic mass is 9.70. The van der Waals surface area contributed by atoms with E-state index < -0.39 is 0 Å². The fraction of sp³-hybridized carbons (Fsp3) is 0.579. The summed E-state index contributed by atoms with van der Waals surface area (Å²) in [5.41, 5.74) is 2.95. The number of rotatable bonds is 2. The second kappa shape index (κ2) is 4.83. The molecule has 23 heavy (non-hydrogen) atoms. The average molecular weight is 311 g/mol. The van der Waals surface area contributed by atoms with E-state index >= 15 is 0 Å². The quantitative estimate of drug-likeness (QED) is 0.889. The van der Waals surface area contributed by atoms with Crippen molar-refractivity contribution in [3.63, 3.8) is 0 Å². The van der Waals surface area contributed by atoms with Crippen LogP contribution in [0.5, 0.6) is 0 Å². The molecule has 4 nitrogen and oxygen atoms in total. The monoisotopic (exact) mass is 311 g/mol. The maximum atomic E-state index is 12.7. The third-order valence-corrected chi connectivity index (χ3v) is 6.24.